The van der Waals surface area contributed by atoms with Crippen molar-refractivity contribution in [1.82, 2.24) is 0 Å². The molecule has 0 aromatic heterocycles. The molecule has 1 unspecified atom stereocenters. The fourth-order valence-corrected chi connectivity index (χ4v) is 2.82. The van der Waals surface area contributed by atoms with E-state index in [9.17, 15) is 9.90 Å². The van der Waals surface area contributed by atoms with Crippen LogP contribution in [0.25, 0.3) is 0 Å². The smallest absolute Gasteiger partial charge is 0.305 e. The quantitative estimate of drug-likeness (QED) is 0.596. The third-order valence-corrected chi connectivity index (χ3v) is 3.95. The number of hydrogen-bond donors (Lipinski definition) is 1. The van der Waals surface area contributed by atoms with Crippen molar-refractivity contribution in [3.63, 3.8) is 0 Å². The second-order valence-corrected chi connectivity index (χ2v) is 6.35. The van der Waals surface area contributed by atoms with Gasteiger partial charge in [0.15, 0.2) is 6.29 Å². The molecule has 0 aromatic rings. The SMILES string of the molecule is CCC(=O)OCC(O)O[C@@H](C)[C@H]1CCCC(C)(C)C1. The van der Waals surface area contributed by atoms with E-state index in [0.717, 1.165) is 12.8 Å². The molecule has 1 N–H and O–H groups in total. The Morgan fingerprint density at radius 1 is 1.47 bits per heavy atom. The van der Waals surface area contributed by atoms with Gasteiger partial charge in [-0.2, -0.15) is 0 Å². The lowest BCUT2D eigenvalue weighted by Gasteiger charge is -2.38. The van der Waals surface area contributed by atoms with Crippen molar-refractivity contribution in [2.75, 3.05) is 6.61 Å². The van der Waals surface area contributed by atoms with Crippen molar-refractivity contribution >= 4 is 5.97 Å². The molecule has 1 aliphatic carbocycles. The summed E-state index contributed by atoms with van der Waals surface area (Å²) in [6, 6.07) is 0. The van der Waals surface area contributed by atoms with Gasteiger partial charge >= 0.3 is 5.97 Å². The summed E-state index contributed by atoms with van der Waals surface area (Å²) < 4.78 is 10.4. The Morgan fingerprint density at radius 3 is 2.74 bits per heavy atom. The van der Waals surface area contributed by atoms with E-state index < -0.39 is 6.29 Å². The van der Waals surface area contributed by atoms with Gasteiger partial charge in [0.25, 0.3) is 0 Å². The zero-order chi connectivity index (χ0) is 14.5. The van der Waals surface area contributed by atoms with E-state index >= 15 is 0 Å². The first-order valence-corrected chi connectivity index (χ1v) is 7.33. The molecule has 0 bridgehead atoms. The average molecular weight is 272 g/mol. The molecule has 3 atom stereocenters. The third-order valence-electron chi connectivity index (χ3n) is 3.95. The Morgan fingerprint density at radius 2 is 2.16 bits per heavy atom. The molecule has 19 heavy (non-hydrogen) atoms. The summed E-state index contributed by atoms with van der Waals surface area (Å²) in [5, 5.41) is 9.73. The molecular weight excluding hydrogens is 244 g/mol. The van der Waals surface area contributed by atoms with Gasteiger partial charge in [-0.25, -0.2) is 0 Å². The number of carbonyl (C=O) groups is 1. The highest BCUT2D eigenvalue weighted by molar-refractivity contribution is 5.68. The maximum atomic E-state index is 11.0. The number of ether oxygens (including phenoxy) is 2. The zero-order valence-corrected chi connectivity index (χ0v) is 12.6. The van der Waals surface area contributed by atoms with Crippen LogP contribution >= 0.6 is 0 Å². The summed E-state index contributed by atoms with van der Waals surface area (Å²) in [5.41, 5.74) is 0.361. The zero-order valence-electron chi connectivity index (χ0n) is 12.6. The standard InChI is InChI=1S/C15H28O4/c1-5-13(16)18-10-14(17)19-11(2)12-7-6-8-15(3,4)9-12/h11-12,14,17H,5-10H2,1-4H3/t11-,12-,14?/m0/s1. The first-order chi connectivity index (χ1) is 8.84. The van der Waals surface area contributed by atoms with Crippen LogP contribution < -0.4 is 0 Å². The number of aliphatic hydroxyl groups excluding tert-OH is 1. The number of aliphatic hydroxyl groups is 1. The van der Waals surface area contributed by atoms with Crippen LogP contribution in [-0.2, 0) is 14.3 Å². The molecule has 0 amide bonds. The van der Waals surface area contributed by atoms with E-state index in [1.807, 2.05) is 6.92 Å². The summed E-state index contributed by atoms with van der Waals surface area (Å²) in [5.74, 6) is 0.161. The van der Waals surface area contributed by atoms with Gasteiger partial charge in [-0.05, 0) is 37.5 Å². The summed E-state index contributed by atoms with van der Waals surface area (Å²) in [7, 11) is 0. The molecular formula is C15H28O4. The highest BCUT2D eigenvalue weighted by Gasteiger charge is 2.32. The molecule has 1 saturated carbocycles. The first-order valence-electron chi connectivity index (χ1n) is 7.33. The molecule has 4 heteroatoms. The predicted molar refractivity (Wildman–Crippen MR) is 73.5 cm³/mol. The molecule has 1 fully saturated rings. The van der Waals surface area contributed by atoms with Crippen LogP contribution in [-0.4, -0.2) is 30.1 Å². The molecule has 1 aliphatic rings. The summed E-state index contributed by atoms with van der Waals surface area (Å²) in [6.07, 6.45) is 4.03. The second-order valence-electron chi connectivity index (χ2n) is 6.35. The van der Waals surface area contributed by atoms with E-state index in [4.69, 9.17) is 9.47 Å². The van der Waals surface area contributed by atoms with E-state index in [2.05, 4.69) is 13.8 Å². The van der Waals surface area contributed by atoms with Crippen LogP contribution in [0.3, 0.4) is 0 Å². The van der Waals surface area contributed by atoms with Crippen LogP contribution in [0.1, 0.15) is 59.8 Å². The van der Waals surface area contributed by atoms with Crippen LogP contribution in [0.4, 0.5) is 0 Å². The Labute approximate surface area is 116 Å². The predicted octanol–water partition coefficient (Wildman–Crippen LogP) is 2.88. The second kappa shape index (κ2) is 7.25. The number of carbonyl (C=O) groups excluding carboxylic acids is 1. The van der Waals surface area contributed by atoms with E-state index in [1.54, 1.807) is 6.92 Å². The molecule has 0 saturated heterocycles. The molecule has 0 aromatic carbocycles. The maximum absolute atomic E-state index is 11.0. The number of hydrogen-bond acceptors (Lipinski definition) is 4. The van der Waals surface area contributed by atoms with Crippen LogP contribution in [0.5, 0.6) is 0 Å². The van der Waals surface area contributed by atoms with Gasteiger partial charge in [0, 0.05) is 6.42 Å². The minimum atomic E-state index is -1.02. The van der Waals surface area contributed by atoms with Gasteiger partial charge < -0.3 is 14.6 Å². The van der Waals surface area contributed by atoms with Crippen molar-refractivity contribution in [1.29, 1.82) is 0 Å². The maximum Gasteiger partial charge on any atom is 0.305 e. The number of esters is 1. The molecule has 1 rings (SSSR count). The average Bonchev–Trinajstić information content (AvgIpc) is 2.34. The van der Waals surface area contributed by atoms with Gasteiger partial charge in [-0.15, -0.1) is 0 Å². The van der Waals surface area contributed by atoms with Crippen LogP contribution in [0.15, 0.2) is 0 Å². The van der Waals surface area contributed by atoms with Gasteiger partial charge in [0.05, 0.1) is 6.10 Å². The molecule has 0 radical (unpaired) electrons. The molecule has 0 aliphatic heterocycles. The molecule has 112 valence electrons. The summed E-state index contributed by atoms with van der Waals surface area (Å²) >= 11 is 0. The van der Waals surface area contributed by atoms with E-state index in [-0.39, 0.29) is 18.7 Å². The topological polar surface area (TPSA) is 55.8 Å². The lowest BCUT2D eigenvalue weighted by molar-refractivity contribution is -0.186. The van der Waals surface area contributed by atoms with Crippen molar-refractivity contribution in [3.8, 4) is 0 Å². The Kier molecular flexibility index (Phi) is 6.27. The lowest BCUT2D eigenvalue weighted by atomic mass is 9.71. The van der Waals surface area contributed by atoms with E-state index in [0.29, 0.717) is 17.8 Å². The lowest BCUT2D eigenvalue weighted by Crippen LogP contribution is -2.34. The largest absolute Gasteiger partial charge is 0.460 e. The Hall–Kier alpha value is -0.610. The fraction of sp³-hybridized carbons (Fsp3) is 0.933. The van der Waals surface area contributed by atoms with Gasteiger partial charge in [0.2, 0.25) is 0 Å². The summed E-state index contributed by atoms with van der Waals surface area (Å²) in [6.45, 7) is 8.21. The normalized spacial score (nSPS) is 25.6. The van der Waals surface area contributed by atoms with Crippen LogP contribution in [0, 0.1) is 11.3 Å². The van der Waals surface area contributed by atoms with Crippen molar-refractivity contribution in [2.45, 2.75) is 72.2 Å². The fourth-order valence-electron chi connectivity index (χ4n) is 2.82. The van der Waals surface area contributed by atoms with Gasteiger partial charge in [-0.1, -0.05) is 27.2 Å². The third kappa shape index (κ3) is 5.91. The Bertz CT molecular complexity index is 288. The van der Waals surface area contributed by atoms with E-state index in [1.165, 1.54) is 12.8 Å². The highest BCUT2D eigenvalue weighted by atomic mass is 16.6. The molecule has 0 heterocycles. The van der Waals surface area contributed by atoms with Crippen molar-refractivity contribution < 1.29 is 19.4 Å². The summed E-state index contributed by atoms with van der Waals surface area (Å²) in [4.78, 5) is 11.0. The Balaban J connectivity index is 2.33. The minimum Gasteiger partial charge on any atom is -0.460 e. The first kappa shape index (κ1) is 16.4. The van der Waals surface area contributed by atoms with Crippen molar-refractivity contribution in [3.05, 3.63) is 0 Å². The number of rotatable bonds is 6. The monoisotopic (exact) mass is 272 g/mol. The van der Waals surface area contributed by atoms with Gasteiger partial charge in [0.1, 0.15) is 6.61 Å². The van der Waals surface area contributed by atoms with Crippen molar-refractivity contribution in [2.24, 2.45) is 11.3 Å². The van der Waals surface area contributed by atoms with Crippen LogP contribution in [0.2, 0.25) is 0 Å². The minimum absolute atomic E-state index is 0.00472. The highest BCUT2D eigenvalue weighted by Crippen LogP contribution is 2.40. The molecule has 0 spiro atoms. The molecule has 4 nitrogen and oxygen atoms in total. The van der Waals surface area contributed by atoms with Gasteiger partial charge in [-0.3, -0.25) is 4.79 Å².